The van der Waals surface area contributed by atoms with E-state index in [1.54, 1.807) is 49.6 Å². The molecular formula is C26H24FN3O4. The number of aryl methyl sites for hydroxylation is 1. The summed E-state index contributed by atoms with van der Waals surface area (Å²) in [6.45, 7) is 1.98. The van der Waals surface area contributed by atoms with E-state index in [-0.39, 0.29) is 18.7 Å². The van der Waals surface area contributed by atoms with Crippen LogP contribution < -0.4 is 15.0 Å². The van der Waals surface area contributed by atoms with Gasteiger partial charge in [0.25, 0.3) is 5.91 Å². The van der Waals surface area contributed by atoms with Crippen molar-refractivity contribution in [1.29, 1.82) is 0 Å². The van der Waals surface area contributed by atoms with Crippen molar-refractivity contribution in [1.82, 2.24) is 4.90 Å². The standard InChI is InChI=1S/C26H24FN3O4/c1-17-6-3-10-21(12-17)30-25(32)23(15-24(31)28-20-9-5-8-19(27)14-20)29(26(30)33)16-18-7-4-11-22(13-18)34-2/h3-14,23H,15-16H2,1-2H3,(H,28,31). The summed E-state index contributed by atoms with van der Waals surface area (Å²) in [5, 5.41) is 2.60. The van der Waals surface area contributed by atoms with Crippen molar-refractivity contribution in [2.45, 2.75) is 25.9 Å². The molecule has 0 aromatic heterocycles. The Kier molecular flexibility index (Phi) is 6.58. The quantitative estimate of drug-likeness (QED) is 0.525. The van der Waals surface area contributed by atoms with Crippen molar-refractivity contribution in [2.75, 3.05) is 17.3 Å². The van der Waals surface area contributed by atoms with E-state index in [2.05, 4.69) is 5.32 Å². The molecule has 3 aromatic carbocycles. The smallest absolute Gasteiger partial charge is 0.332 e. The molecule has 1 N–H and O–H groups in total. The summed E-state index contributed by atoms with van der Waals surface area (Å²) in [5.74, 6) is -0.868. The molecule has 4 rings (SSSR count). The van der Waals surface area contributed by atoms with Gasteiger partial charge in [-0.15, -0.1) is 0 Å². The minimum absolute atomic E-state index is 0.113. The zero-order valence-electron chi connectivity index (χ0n) is 18.8. The number of nitrogens with zero attached hydrogens (tertiary/aromatic N) is 2. The minimum Gasteiger partial charge on any atom is -0.497 e. The van der Waals surface area contributed by atoms with Gasteiger partial charge in [0, 0.05) is 12.2 Å². The highest BCUT2D eigenvalue weighted by Crippen LogP contribution is 2.29. The number of hydrogen-bond donors (Lipinski definition) is 1. The summed E-state index contributed by atoms with van der Waals surface area (Å²) in [6, 6.07) is 18.2. The SMILES string of the molecule is COc1cccc(CN2C(=O)N(c3cccc(C)c3)C(=O)C2CC(=O)Nc2cccc(F)c2)c1. The summed E-state index contributed by atoms with van der Waals surface area (Å²) in [7, 11) is 1.54. The number of carbonyl (C=O) groups is 3. The van der Waals surface area contributed by atoms with Crippen molar-refractivity contribution in [3.63, 3.8) is 0 Å². The van der Waals surface area contributed by atoms with Crippen LogP contribution in [-0.2, 0) is 16.1 Å². The molecule has 0 saturated carbocycles. The number of benzene rings is 3. The molecule has 1 heterocycles. The number of urea groups is 1. The number of anilines is 2. The Hall–Kier alpha value is -4.20. The van der Waals surface area contributed by atoms with Crippen LogP contribution in [0, 0.1) is 12.7 Å². The molecule has 1 fully saturated rings. The number of hydrogen-bond acceptors (Lipinski definition) is 4. The molecule has 1 aliphatic rings. The van der Waals surface area contributed by atoms with Crippen molar-refractivity contribution < 1.29 is 23.5 Å². The van der Waals surface area contributed by atoms with E-state index in [0.29, 0.717) is 11.4 Å². The molecule has 34 heavy (non-hydrogen) atoms. The lowest BCUT2D eigenvalue weighted by atomic mass is 10.1. The van der Waals surface area contributed by atoms with E-state index >= 15 is 0 Å². The van der Waals surface area contributed by atoms with Gasteiger partial charge < -0.3 is 15.0 Å². The fourth-order valence-electron chi connectivity index (χ4n) is 3.94. The number of ether oxygens (including phenoxy) is 1. The van der Waals surface area contributed by atoms with Gasteiger partial charge in [-0.1, -0.05) is 30.3 Å². The summed E-state index contributed by atoms with van der Waals surface area (Å²) in [5.41, 5.74) is 2.36. The Bertz CT molecular complexity index is 1250. The van der Waals surface area contributed by atoms with E-state index in [0.717, 1.165) is 16.0 Å². The first-order valence-corrected chi connectivity index (χ1v) is 10.8. The van der Waals surface area contributed by atoms with Crippen LogP contribution in [0.3, 0.4) is 0 Å². The van der Waals surface area contributed by atoms with Crippen LogP contribution in [0.5, 0.6) is 5.75 Å². The molecule has 1 unspecified atom stereocenters. The number of rotatable bonds is 7. The van der Waals surface area contributed by atoms with Crippen LogP contribution in [-0.4, -0.2) is 35.9 Å². The van der Waals surface area contributed by atoms with E-state index in [4.69, 9.17) is 4.74 Å². The van der Waals surface area contributed by atoms with E-state index < -0.39 is 29.7 Å². The zero-order valence-corrected chi connectivity index (χ0v) is 18.8. The highest BCUT2D eigenvalue weighted by Gasteiger charge is 2.46. The van der Waals surface area contributed by atoms with Crippen molar-refractivity contribution in [3.8, 4) is 5.75 Å². The van der Waals surface area contributed by atoms with Crippen LogP contribution >= 0.6 is 0 Å². The van der Waals surface area contributed by atoms with Crippen LogP contribution in [0.2, 0.25) is 0 Å². The Morgan fingerprint density at radius 2 is 1.79 bits per heavy atom. The lowest BCUT2D eigenvalue weighted by Gasteiger charge is -2.22. The lowest BCUT2D eigenvalue weighted by Crippen LogP contribution is -2.37. The summed E-state index contributed by atoms with van der Waals surface area (Å²) in [4.78, 5) is 42.0. The first kappa shape index (κ1) is 23.0. The van der Waals surface area contributed by atoms with E-state index in [1.165, 1.54) is 23.1 Å². The molecule has 174 valence electrons. The third-order valence-corrected chi connectivity index (χ3v) is 5.55. The number of imide groups is 1. The Labute approximate surface area is 196 Å². The second-order valence-corrected chi connectivity index (χ2v) is 8.05. The first-order valence-electron chi connectivity index (χ1n) is 10.8. The number of amides is 4. The second kappa shape index (κ2) is 9.74. The molecule has 8 heteroatoms. The van der Waals surface area contributed by atoms with Gasteiger partial charge in [0.05, 0.1) is 19.2 Å². The molecule has 0 aliphatic carbocycles. The highest BCUT2D eigenvalue weighted by atomic mass is 19.1. The third-order valence-electron chi connectivity index (χ3n) is 5.55. The predicted molar refractivity (Wildman–Crippen MR) is 126 cm³/mol. The zero-order chi connectivity index (χ0) is 24.2. The Morgan fingerprint density at radius 3 is 2.53 bits per heavy atom. The highest BCUT2D eigenvalue weighted by molar-refractivity contribution is 6.22. The predicted octanol–water partition coefficient (Wildman–Crippen LogP) is 4.51. The number of carbonyl (C=O) groups excluding carboxylic acids is 3. The molecule has 0 bridgehead atoms. The summed E-state index contributed by atoms with van der Waals surface area (Å²) >= 11 is 0. The van der Waals surface area contributed by atoms with Crippen LogP contribution in [0.25, 0.3) is 0 Å². The van der Waals surface area contributed by atoms with E-state index in [9.17, 15) is 18.8 Å². The van der Waals surface area contributed by atoms with Crippen LogP contribution in [0.15, 0.2) is 72.8 Å². The monoisotopic (exact) mass is 461 g/mol. The van der Waals surface area contributed by atoms with Crippen molar-refractivity contribution in [3.05, 3.63) is 89.7 Å². The Morgan fingerprint density at radius 1 is 1.03 bits per heavy atom. The molecular weight excluding hydrogens is 437 g/mol. The molecule has 0 radical (unpaired) electrons. The largest absolute Gasteiger partial charge is 0.497 e. The average Bonchev–Trinajstić information content (AvgIpc) is 3.03. The van der Waals surface area contributed by atoms with Gasteiger partial charge in [0.1, 0.15) is 17.6 Å². The van der Waals surface area contributed by atoms with Crippen LogP contribution in [0.4, 0.5) is 20.6 Å². The maximum absolute atomic E-state index is 13.5. The third kappa shape index (κ3) is 4.91. The Balaban J connectivity index is 1.62. The fourth-order valence-corrected chi connectivity index (χ4v) is 3.94. The molecule has 1 atom stereocenters. The fraction of sp³-hybridized carbons (Fsp3) is 0.192. The number of methoxy groups -OCH3 is 1. The topological polar surface area (TPSA) is 79.0 Å². The molecule has 1 aliphatic heterocycles. The number of nitrogens with one attached hydrogen (secondary N) is 1. The maximum atomic E-state index is 13.5. The molecule has 4 amide bonds. The normalized spacial score (nSPS) is 15.6. The van der Waals surface area contributed by atoms with Crippen LogP contribution in [0.1, 0.15) is 17.5 Å². The summed E-state index contributed by atoms with van der Waals surface area (Å²) < 4.78 is 18.8. The second-order valence-electron chi connectivity index (χ2n) is 8.05. The summed E-state index contributed by atoms with van der Waals surface area (Å²) in [6.07, 6.45) is -0.270. The van der Waals surface area contributed by atoms with E-state index in [1.807, 2.05) is 19.1 Å². The van der Waals surface area contributed by atoms with Gasteiger partial charge in [-0.25, -0.2) is 14.1 Å². The molecule has 1 saturated heterocycles. The number of halogens is 1. The van der Waals surface area contributed by atoms with Gasteiger partial charge in [0.2, 0.25) is 5.91 Å². The van der Waals surface area contributed by atoms with Gasteiger partial charge in [0.15, 0.2) is 0 Å². The van der Waals surface area contributed by atoms with Gasteiger partial charge in [-0.05, 0) is 60.5 Å². The first-order chi connectivity index (χ1) is 16.4. The minimum atomic E-state index is -1.02. The van der Waals surface area contributed by atoms with Gasteiger partial charge >= 0.3 is 6.03 Å². The maximum Gasteiger partial charge on any atom is 0.332 e. The lowest BCUT2D eigenvalue weighted by molar-refractivity contribution is -0.124. The molecule has 0 spiro atoms. The van der Waals surface area contributed by atoms with Crippen molar-refractivity contribution >= 4 is 29.2 Å². The van der Waals surface area contributed by atoms with Gasteiger partial charge in [-0.3, -0.25) is 9.59 Å². The molecule has 7 nitrogen and oxygen atoms in total. The molecule has 3 aromatic rings. The van der Waals surface area contributed by atoms with Gasteiger partial charge in [-0.2, -0.15) is 0 Å². The van der Waals surface area contributed by atoms with Crippen molar-refractivity contribution in [2.24, 2.45) is 0 Å². The average molecular weight is 461 g/mol.